The molecular formula is C16H28ClN3O2. The van der Waals surface area contributed by atoms with Gasteiger partial charge < -0.3 is 15.1 Å². The molecule has 0 bridgehead atoms. The number of carbonyl (C=O) groups is 2. The number of rotatable bonds is 4. The van der Waals surface area contributed by atoms with Gasteiger partial charge in [-0.1, -0.05) is 0 Å². The Kier molecular flexibility index (Phi) is 6.09. The smallest absolute Gasteiger partial charge is 0.245 e. The number of nitrogens with zero attached hydrogens (tertiary/aromatic N) is 2. The van der Waals surface area contributed by atoms with E-state index in [1.807, 2.05) is 4.90 Å². The van der Waals surface area contributed by atoms with E-state index in [1.165, 1.54) is 12.8 Å². The SMILES string of the molecule is CC(=O)N1CCCC1C(=O)N1CCC(NCC2CC2)CC1.Cl. The topological polar surface area (TPSA) is 52.7 Å². The number of amides is 2. The third-order valence-corrected chi connectivity index (χ3v) is 5.14. The van der Waals surface area contributed by atoms with Gasteiger partial charge in [0, 0.05) is 32.6 Å². The third kappa shape index (κ3) is 4.13. The lowest BCUT2D eigenvalue weighted by atomic mass is 10.0. The van der Waals surface area contributed by atoms with Crippen LogP contribution in [0, 0.1) is 5.92 Å². The molecule has 2 heterocycles. The minimum Gasteiger partial charge on any atom is -0.341 e. The summed E-state index contributed by atoms with van der Waals surface area (Å²) in [5.74, 6) is 1.11. The Balaban J connectivity index is 0.00000176. The Morgan fingerprint density at radius 1 is 1.05 bits per heavy atom. The van der Waals surface area contributed by atoms with Crippen LogP contribution in [0.3, 0.4) is 0 Å². The third-order valence-electron chi connectivity index (χ3n) is 5.14. The maximum Gasteiger partial charge on any atom is 0.245 e. The van der Waals surface area contributed by atoms with E-state index in [0.717, 1.165) is 57.8 Å². The van der Waals surface area contributed by atoms with Gasteiger partial charge in [-0.3, -0.25) is 9.59 Å². The Morgan fingerprint density at radius 3 is 2.32 bits per heavy atom. The molecule has 2 saturated heterocycles. The molecule has 1 atom stereocenters. The van der Waals surface area contributed by atoms with Gasteiger partial charge in [0.2, 0.25) is 11.8 Å². The second-order valence-electron chi connectivity index (χ2n) is 6.82. The van der Waals surface area contributed by atoms with Crippen molar-refractivity contribution in [2.45, 2.75) is 57.5 Å². The summed E-state index contributed by atoms with van der Waals surface area (Å²) in [4.78, 5) is 27.9. The van der Waals surface area contributed by atoms with Crippen LogP contribution in [0.4, 0.5) is 0 Å². The van der Waals surface area contributed by atoms with E-state index in [4.69, 9.17) is 0 Å². The Labute approximate surface area is 139 Å². The van der Waals surface area contributed by atoms with Crippen LogP contribution < -0.4 is 5.32 Å². The minimum atomic E-state index is -0.196. The predicted octanol–water partition coefficient (Wildman–Crippen LogP) is 1.41. The molecule has 2 amide bonds. The number of hydrogen-bond donors (Lipinski definition) is 1. The molecule has 0 aromatic rings. The summed E-state index contributed by atoms with van der Waals surface area (Å²) >= 11 is 0. The molecule has 0 spiro atoms. The second-order valence-corrected chi connectivity index (χ2v) is 6.82. The van der Waals surface area contributed by atoms with Gasteiger partial charge in [-0.05, 0) is 51.0 Å². The molecule has 3 rings (SSSR count). The van der Waals surface area contributed by atoms with E-state index in [1.54, 1.807) is 11.8 Å². The van der Waals surface area contributed by atoms with Crippen molar-refractivity contribution >= 4 is 24.2 Å². The summed E-state index contributed by atoms with van der Waals surface area (Å²) in [5.41, 5.74) is 0. The van der Waals surface area contributed by atoms with Crippen molar-refractivity contribution in [3.63, 3.8) is 0 Å². The average Bonchev–Trinajstić information content (AvgIpc) is 3.18. The van der Waals surface area contributed by atoms with Crippen molar-refractivity contribution in [2.75, 3.05) is 26.2 Å². The fraction of sp³-hybridized carbons (Fsp3) is 0.875. The van der Waals surface area contributed by atoms with Crippen LogP contribution in [0.2, 0.25) is 0 Å². The van der Waals surface area contributed by atoms with Crippen molar-refractivity contribution < 1.29 is 9.59 Å². The number of carbonyl (C=O) groups excluding carboxylic acids is 2. The van der Waals surface area contributed by atoms with E-state index < -0.39 is 0 Å². The molecule has 3 aliphatic rings. The first-order valence-electron chi connectivity index (χ1n) is 8.44. The molecule has 1 unspecified atom stereocenters. The Hall–Kier alpha value is -0.810. The Morgan fingerprint density at radius 2 is 1.73 bits per heavy atom. The van der Waals surface area contributed by atoms with Crippen LogP contribution in [0.5, 0.6) is 0 Å². The van der Waals surface area contributed by atoms with Gasteiger partial charge in [0.25, 0.3) is 0 Å². The number of hydrogen-bond acceptors (Lipinski definition) is 3. The zero-order valence-electron chi connectivity index (χ0n) is 13.4. The Bertz CT molecular complexity index is 406. The molecule has 1 N–H and O–H groups in total. The fourth-order valence-electron chi connectivity index (χ4n) is 3.57. The molecule has 22 heavy (non-hydrogen) atoms. The summed E-state index contributed by atoms with van der Waals surface area (Å²) < 4.78 is 0. The van der Waals surface area contributed by atoms with Gasteiger partial charge in [-0.2, -0.15) is 0 Å². The highest BCUT2D eigenvalue weighted by atomic mass is 35.5. The standard InChI is InChI=1S/C16H27N3O2.ClH/c1-12(20)19-8-2-3-15(19)16(21)18-9-6-14(7-10-18)17-11-13-4-5-13;/h13-15,17H,2-11H2,1H3;1H. The summed E-state index contributed by atoms with van der Waals surface area (Å²) in [5, 5.41) is 3.64. The molecule has 0 aromatic heterocycles. The van der Waals surface area contributed by atoms with Gasteiger partial charge in [0.05, 0.1) is 0 Å². The van der Waals surface area contributed by atoms with Crippen molar-refractivity contribution in [1.82, 2.24) is 15.1 Å². The molecule has 6 heteroatoms. The van der Waals surface area contributed by atoms with Crippen molar-refractivity contribution in [3.05, 3.63) is 0 Å². The summed E-state index contributed by atoms with van der Waals surface area (Å²) in [6.45, 7) is 5.14. The van der Waals surface area contributed by atoms with Gasteiger partial charge in [0.1, 0.15) is 6.04 Å². The highest BCUT2D eigenvalue weighted by molar-refractivity contribution is 5.87. The first-order chi connectivity index (χ1) is 10.1. The van der Waals surface area contributed by atoms with Crippen molar-refractivity contribution in [3.8, 4) is 0 Å². The predicted molar refractivity (Wildman–Crippen MR) is 88.0 cm³/mol. The minimum absolute atomic E-state index is 0. The van der Waals surface area contributed by atoms with Crippen LogP contribution in [0.15, 0.2) is 0 Å². The molecule has 0 radical (unpaired) electrons. The van der Waals surface area contributed by atoms with Gasteiger partial charge in [-0.15, -0.1) is 12.4 Å². The largest absolute Gasteiger partial charge is 0.341 e. The van der Waals surface area contributed by atoms with E-state index in [2.05, 4.69) is 5.32 Å². The first-order valence-corrected chi connectivity index (χ1v) is 8.44. The maximum atomic E-state index is 12.6. The van der Waals surface area contributed by atoms with Crippen LogP contribution in [-0.4, -0.2) is 59.9 Å². The normalized spacial score (nSPS) is 26.0. The average molecular weight is 330 g/mol. The monoisotopic (exact) mass is 329 g/mol. The van der Waals surface area contributed by atoms with E-state index in [0.29, 0.717) is 6.04 Å². The molecule has 2 aliphatic heterocycles. The molecular weight excluding hydrogens is 302 g/mol. The van der Waals surface area contributed by atoms with Gasteiger partial charge in [0.15, 0.2) is 0 Å². The summed E-state index contributed by atoms with van der Waals surface area (Å²) in [6.07, 6.45) is 6.64. The zero-order valence-corrected chi connectivity index (χ0v) is 14.2. The molecule has 1 aliphatic carbocycles. The number of nitrogens with one attached hydrogen (secondary N) is 1. The number of halogens is 1. The molecule has 126 valence electrons. The van der Waals surface area contributed by atoms with Crippen molar-refractivity contribution in [1.29, 1.82) is 0 Å². The number of piperidine rings is 1. The fourth-order valence-corrected chi connectivity index (χ4v) is 3.57. The first kappa shape index (κ1) is 17.5. The van der Waals surface area contributed by atoms with Gasteiger partial charge in [-0.25, -0.2) is 0 Å². The van der Waals surface area contributed by atoms with Gasteiger partial charge >= 0.3 is 0 Å². The van der Waals surface area contributed by atoms with E-state index in [9.17, 15) is 9.59 Å². The summed E-state index contributed by atoms with van der Waals surface area (Å²) in [7, 11) is 0. The van der Waals surface area contributed by atoms with E-state index >= 15 is 0 Å². The maximum absolute atomic E-state index is 12.6. The highest BCUT2D eigenvalue weighted by Crippen LogP contribution is 2.28. The van der Waals surface area contributed by atoms with Crippen LogP contribution in [0.1, 0.15) is 45.4 Å². The zero-order chi connectivity index (χ0) is 14.8. The quantitative estimate of drug-likeness (QED) is 0.848. The van der Waals surface area contributed by atoms with Crippen LogP contribution in [-0.2, 0) is 9.59 Å². The van der Waals surface area contributed by atoms with E-state index in [-0.39, 0.29) is 30.3 Å². The van der Waals surface area contributed by atoms with Crippen molar-refractivity contribution in [2.24, 2.45) is 5.92 Å². The lowest BCUT2D eigenvalue weighted by molar-refractivity contribution is -0.143. The molecule has 3 fully saturated rings. The molecule has 0 aromatic carbocycles. The molecule has 5 nitrogen and oxygen atoms in total. The summed E-state index contributed by atoms with van der Waals surface area (Å²) in [6, 6.07) is 0.376. The molecule has 1 saturated carbocycles. The van der Waals surface area contributed by atoms with Crippen LogP contribution >= 0.6 is 12.4 Å². The second kappa shape index (κ2) is 7.64. The number of likely N-dealkylation sites (tertiary alicyclic amines) is 2. The van der Waals surface area contributed by atoms with Crippen LogP contribution in [0.25, 0.3) is 0 Å². The lowest BCUT2D eigenvalue weighted by Crippen LogP contribution is -2.51. The lowest BCUT2D eigenvalue weighted by Gasteiger charge is -2.35. The highest BCUT2D eigenvalue weighted by Gasteiger charge is 2.36.